The van der Waals surface area contributed by atoms with Crippen LogP contribution in [0.15, 0.2) is 11.1 Å². The molecule has 1 fully saturated rings. The first kappa shape index (κ1) is 19.2. The van der Waals surface area contributed by atoms with Crippen LogP contribution in [0.5, 0.6) is 0 Å². The van der Waals surface area contributed by atoms with Gasteiger partial charge >= 0.3 is 6.18 Å². The van der Waals surface area contributed by atoms with Crippen LogP contribution in [0.4, 0.5) is 19.0 Å². The Kier molecular flexibility index (Phi) is 6.76. The molecule has 0 saturated carbocycles. The molecule has 0 radical (unpaired) electrons. The van der Waals surface area contributed by atoms with Crippen LogP contribution in [0.2, 0.25) is 0 Å². The Labute approximate surface area is 142 Å². The highest BCUT2D eigenvalue weighted by atomic mass is 19.4. The number of guanidine groups is 1. The molecular weight excluding hydrogens is 341 g/mol. The van der Waals surface area contributed by atoms with Crippen molar-refractivity contribution in [3.8, 4) is 0 Å². The quantitative estimate of drug-likeness (QED) is 0.538. The molecule has 1 aliphatic rings. The first-order valence-electron chi connectivity index (χ1n) is 7.92. The number of aliphatic imine (C=N–C) groups is 1. The van der Waals surface area contributed by atoms with E-state index in [0.29, 0.717) is 32.8 Å². The topological polar surface area (TPSA) is 94.6 Å². The number of anilines is 1. The lowest BCUT2D eigenvalue weighted by atomic mass is 10.4. The zero-order valence-electron chi connectivity index (χ0n) is 13.8. The number of hydrogen-bond donors (Lipinski definition) is 3. The second-order valence-corrected chi connectivity index (χ2v) is 5.46. The van der Waals surface area contributed by atoms with E-state index in [9.17, 15) is 18.0 Å². The summed E-state index contributed by atoms with van der Waals surface area (Å²) in [6.07, 6.45) is -3.80. The zero-order chi connectivity index (χ0) is 18.3. The number of hydrogen-bond acceptors (Lipinski definition) is 5. The summed E-state index contributed by atoms with van der Waals surface area (Å²) in [6.45, 7) is 4.90. The fraction of sp³-hybridized carbons (Fsp3) is 0.643. The van der Waals surface area contributed by atoms with Crippen LogP contribution in [0.25, 0.3) is 0 Å². The second-order valence-electron chi connectivity index (χ2n) is 5.46. The van der Waals surface area contributed by atoms with Gasteiger partial charge < -0.3 is 10.1 Å². The van der Waals surface area contributed by atoms with Crippen LogP contribution < -0.4 is 10.6 Å². The van der Waals surface area contributed by atoms with Gasteiger partial charge in [-0.1, -0.05) is 6.92 Å². The molecule has 140 valence electrons. The molecule has 0 unspecified atom stereocenters. The first-order valence-corrected chi connectivity index (χ1v) is 7.92. The number of alkyl halides is 3. The molecule has 0 aromatic carbocycles. The Hall–Kier alpha value is -2.14. The normalized spacial score (nSPS) is 16.7. The van der Waals surface area contributed by atoms with E-state index in [0.717, 1.165) is 12.5 Å². The predicted octanol–water partition coefficient (Wildman–Crippen LogP) is 1.05. The lowest BCUT2D eigenvalue weighted by Crippen LogP contribution is -2.46. The number of nitrogens with zero attached hydrogens (tertiary/aromatic N) is 3. The molecule has 1 aliphatic heterocycles. The number of nitrogens with one attached hydrogen (secondary N) is 3. The summed E-state index contributed by atoms with van der Waals surface area (Å²) in [7, 11) is 0. The summed E-state index contributed by atoms with van der Waals surface area (Å²) in [6, 6.07) is 0.815. The van der Waals surface area contributed by atoms with E-state index < -0.39 is 11.9 Å². The number of H-pyrrole nitrogens is 1. The van der Waals surface area contributed by atoms with Crippen LogP contribution >= 0.6 is 0 Å². The van der Waals surface area contributed by atoms with Crippen LogP contribution in [0.3, 0.4) is 0 Å². The molecule has 0 aliphatic carbocycles. The molecule has 1 aromatic heterocycles. The molecule has 0 spiro atoms. The summed E-state index contributed by atoms with van der Waals surface area (Å²) < 4.78 is 43.0. The Balaban J connectivity index is 1.96. The van der Waals surface area contributed by atoms with Crippen molar-refractivity contribution >= 4 is 17.7 Å². The Morgan fingerprint density at radius 2 is 2.16 bits per heavy atom. The van der Waals surface area contributed by atoms with Crippen molar-refractivity contribution in [2.75, 3.05) is 44.7 Å². The Morgan fingerprint density at radius 1 is 1.44 bits per heavy atom. The number of carbonyl (C=O) groups excluding carboxylic acids is 1. The van der Waals surface area contributed by atoms with Crippen molar-refractivity contribution in [2.24, 2.45) is 4.99 Å². The summed E-state index contributed by atoms with van der Waals surface area (Å²) in [4.78, 5) is 18.2. The number of ether oxygens (including phenoxy) is 1. The number of rotatable bonds is 5. The molecular formula is C14H21F3N6O2. The molecule has 2 rings (SSSR count). The fourth-order valence-electron chi connectivity index (χ4n) is 2.12. The molecule has 8 nitrogen and oxygen atoms in total. The maximum absolute atomic E-state index is 12.6. The van der Waals surface area contributed by atoms with Crippen molar-refractivity contribution in [2.45, 2.75) is 19.5 Å². The van der Waals surface area contributed by atoms with E-state index in [2.05, 4.69) is 20.7 Å². The predicted molar refractivity (Wildman–Crippen MR) is 85.2 cm³/mol. The van der Waals surface area contributed by atoms with E-state index in [1.54, 1.807) is 0 Å². The van der Waals surface area contributed by atoms with Gasteiger partial charge in [0.05, 0.1) is 19.8 Å². The third-order valence-electron chi connectivity index (χ3n) is 3.35. The fourth-order valence-corrected chi connectivity index (χ4v) is 2.12. The first-order chi connectivity index (χ1) is 11.9. The highest BCUT2D eigenvalue weighted by molar-refractivity contribution is 6.04. The standard InChI is InChI=1S/C14H21F3N6O2/c1-2-3-18-13(19-11-8-10(21-22-11)14(15,16)17)20-12(24)9-23-4-6-25-7-5-23/h8H,2-7,9H2,1H3,(H3,18,19,20,21,22,24). The molecule has 1 aromatic rings. The van der Waals surface area contributed by atoms with Gasteiger partial charge in [0.2, 0.25) is 11.9 Å². The molecule has 0 atom stereocenters. The van der Waals surface area contributed by atoms with Gasteiger partial charge in [0, 0.05) is 25.7 Å². The van der Waals surface area contributed by atoms with Gasteiger partial charge in [0.1, 0.15) is 5.69 Å². The number of aromatic amines is 1. The highest BCUT2D eigenvalue weighted by Crippen LogP contribution is 2.28. The monoisotopic (exact) mass is 362 g/mol. The number of morpholine rings is 1. The van der Waals surface area contributed by atoms with Crippen LogP contribution in [0.1, 0.15) is 19.0 Å². The number of aromatic nitrogens is 2. The van der Waals surface area contributed by atoms with Crippen molar-refractivity contribution in [3.63, 3.8) is 0 Å². The lowest BCUT2D eigenvalue weighted by molar-refractivity contribution is -0.141. The maximum atomic E-state index is 12.6. The SMILES string of the molecule is CCCN=C(NC(=O)CN1CCOCC1)Nc1cc(C(F)(F)F)[nH]n1. The van der Waals surface area contributed by atoms with Crippen LogP contribution in [0, 0.1) is 0 Å². The third-order valence-corrected chi connectivity index (χ3v) is 3.35. The molecule has 3 N–H and O–H groups in total. The number of amides is 1. The molecule has 25 heavy (non-hydrogen) atoms. The number of halogens is 3. The van der Waals surface area contributed by atoms with Gasteiger partial charge in [-0.15, -0.1) is 0 Å². The molecule has 1 saturated heterocycles. The molecule has 11 heteroatoms. The summed E-state index contributed by atoms with van der Waals surface area (Å²) >= 11 is 0. The minimum Gasteiger partial charge on any atom is -0.379 e. The van der Waals surface area contributed by atoms with Gasteiger partial charge in [0.15, 0.2) is 5.82 Å². The molecule has 1 amide bonds. The van der Waals surface area contributed by atoms with Gasteiger partial charge in [-0.3, -0.25) is 25.1 Å². The van der Waals surface area contributed by atoms with Gasteiger partial charge in [0.25, 0.3) is 0 Å². The van der Waals surface area contributed by atoms with E-state index in [-0.39, 0.29) is 24.2 Å². The minimum absolute atomic E-state index is 0.0698. The zero-order valence-corrected chi connectivity index (χ0v) is 13.8. The van der Waals surface area contributed by atoms with E-state index in [4.69, 9.17) is 4.74 Å². The van der Waals surface area contributed by atoms with E-state index in [1.807, 2.05) is 16.9 Å². The molecule has 2 heterocycles. The number of carbonyl (C=O) groups is 1. The van der Waals surface area contributed by atoms with E-state index in [1.165, 1.54) is 0 Å². The van der Waals surface area contributed by atoms with E-state index >= 15 is 0 Å². The average molecular weight is 362 g/mol. The Morgan fingerprint density at radius 3 is 2.76 bits per heavy atom. The highest BCUT2D eigenvalue weighted by Gasteiger charge is 2.33. The third kappa shape index (κ3) is 6.35. The van der Waals surface area contributed by atoms with Crippen molar-refractivity contribution < 1.29 is 22.7 Å². The average Bonchev–Trinajstić information content (AvgIpc) is 3.02. The largest absolute Gasteiger partial charge is 0.432 e. The summed E-state index contributed by atoms with van der Waals surface area (Å²) in [5, 5.41) is 10.6. The summed E-state index contributed by atoms with van der Waals surface area (Å²) in [5.41, 5.74) is -0.982. The van der Waals surface area contributed by atoms with Crippen LogP contribution in [-0.2, 0) is 15.7 Å². The minimum atomic E-state index is -4.52. The second kappa shape index (κ2) is 8.81. The van der Waals surface area contributed by atoms with Gasteiger partial charge in [-0.2, -0.15) is 18.3 Å². The van der Waals surface area contributed by atoms with Crippen molar-refractivity contribution in [1.29, 1.82) is 0 Å². The van der Waals surface area contributed by atoms with Gasteiger partial charge in [-0.25, -0.2) is 0 Å². The van der Waals surface area contributed by atoms with Crippen LogP contribution in [-0.4, -0.2) is 66.4 Å². The summed E-state index contributed by atoms with van der Waals surface area (Å²) in [5.74, 6) is -0.315. The Bertz CT molecular complexity index is 596. The maximum Gasteiger partial charge on any atom is 0.432 e. The van der Waals surface area contributed by atoms with Gasteiger partial charge in [-0.05, 0) is 6.42 Å². The molecule has 0 bridgehead atoms. The van der Waals surface area contributed by atoms with Crippen molar-refractivity contribution in [1.82, 2.24) is 20.4 Å². The smallest absolute Gasteiger partial charge is 0.379 e. The van der Waals surface area contributed by atoms with Crippen molar-refractivity contribution in [3.05, 3.63) is 11.8 Å². The lowest BCUT2D eigenvalue weighted by Gasteiger charge is -2.25.